The van der Waals surface area contributed by atoms with Gasteiger partial charge in [0, 0.05) is 6.54 Å². The molecule has 2 heterocycles. The number of carbonyl (C=O) groups is 1. The Morgan fingerprint density at radius 1 is 1.26 bits per heavy atom. The van der Waals surface area contributed by atoms with Gasteiger partial charge in [0.15, 0.2) is 16.7 Å². The lowest BCUT2D eigenvalue weighted by Gasteiger charge is -2.17. The second-order valence-corrected chi connectivity index (χ2v) is 7.38. The molecule has 0 saturated carbocycles. The van der Waals surface area contributed by atoms with Crippen molar-refractivity contribution in [2.75, 3.05) is 0 Å². The molecule has 0 spiro atoms. The van der Waals surface area contributed by atoms with Gasteiger partial charge in [0.1, 0.15) is 5.82 Å². The molecule has 2 aromatic heterocycles. The van der Waals surface area contributed by atoms with Crippen molar-refractivity contribution in [3.63, 3.8) is 0 Å². The van der Waals surface area contributed by atoms with Gasteiger partial charge in [0.2, 0.25) is 5.91 Å². The molecule has 142 valence electrons. The van der Waals surface area contributed by atoms with Crippen molar-refractivity contribution < 1.29 is 13.6 Å². The number of hydrogen-bond acceptors (Lipinski definition) is 5. The van der Waals surface area contributed by atoms with Gasteiger partial charge in [-0.05, 0) is 50.6 Å². The number of benzene rings is 1. The van der Waals surface area contributed by atoms with E-state index in [0.29, 0.717) is 23.3 Å². The zero-order valence-corrected chi connectivity index (χ0v) is 16.2. The second-order valence-electron chi connectivity index (χ2n) is 6.07. The predicted molar refractivity (Wildman–Crippen MR) is 102 cm³/mol. The third-order valence-corrected chi connectivity index (χ3v) is 5.24. The highest BCUT2D eigenvalue weighted by atomic mass is 32.2. The Bertz CT molecular complexity index is 893. The first-order chi connectivity index (χ1) is 13.0. The molecule has 0 aliphatic rings. The van der Waals surface area contributed by atoms with E-state index in [1.807, 2.05) is 31.4 Å². The highest BCUT2D eigenvalue weighted by Crippen LogP contribution is 2.27. The Hall–Kier alpha value is -2.61. The Morgan fingerprint density at radius 2 is 2.00 bits per heavy atom. The van der Waals surface area contributed by atoms with Gasteiger partial charge in [-0.1, -0.05) is 23.9 Å². The highest BCUT2D eigenvalue weighted by molar-refractivity contribution is 8.00. The van der Waals surface area contributed by atoms with E-state index in [9.17, 15) is 9.18 Å². The first-order valence-corrected chi connectivity index (χ1v) is 9.57. The van der Waals surface area contributed by atoms with E-state index in [2.05, 4.69) is 15.5 Å². The molecule has 3 rings (SSSR count). The number of amides is 1. The quantitative estimate of drug-likeness (QED) is 0.618. The number of furan rings is 1. The minimum absolute atomic E-state index is 0.123. The summed E-state index contributed by atoms with van der Waals surface area (Å²) in [6.07, 6.45) is 1.59. The minimum atomic E-state index is -0.369. The van der Waals surface area contributed by atoms with Crippen molar-refractivity contribution in [1.29, 1.82) is 0 Å². The van der Waals surface area contributed by atoms with Crippen molar-refractivity contribution in [2.45, 2.75) is 43.8 Å². The molecule has 1 aromatic carbocycles. The lowest BCUT2D eigenvalue weighted by molar-refractivity contribution is -0.120. The van der Waals surface area contributed by atoms with Crippen LogP contribution in [0.25, 0.3) is 11.6 Å². The van der Waals surface area contributed by atoms with Crippen LogP contribution in [0.1, 0.15) is 32.4 Å². The van der Waals surface area contributed by atoms with E-state index < -0.39 is 0 Å². The van der Waals surface area contributed by atoms with Crippen LogP contribution >= 0.6 is 11.8 Å². The molecule has 0 aliphatic carbocycles. The third-order valence-electron chi connectivity index (χ3n) is 4.15. The van der Waals surface area contributed by atoms with Gasteiger partial charge >= 0.3 is 0 Å². The van der Waals surface area contributed by atoms with Crippen LogP contribution in [0.4, 0.5) is 4.39 Å². The van der Waals surface area contributed by atoms with Crippen molar-refractivity contribution in [2.24, 2.45) is 0 Å². The molecule has 0 fully saturated rings. The highest BCUT2D eigenvalue weighted by Gasteiger charge is 2.22. The van der Waals surface area contributed by atoms with Crippen molar-refractivity contribution in [1.82, 2.24) is 20.1 Å². The number of hydrogen-bond donors (Lipinski definition) is 1. The van der Waals surface area contributed by atoms with E-state index >= 15 is 0 Å². The molecule has 8 heteroatoms. The molecule has 0 unspecified atom stereocenters. The van der Waals surface area contributed by atoms with Crippen LogP contribution < -0.4 is 5.32 Å². The maximum absolute atomic E-state index is 13.0. The standard InChI is InChI=1S/C19H21FN4O2S/c1-4-24-17(16-6-5-11-26-16)22-23-19(24)27-13(3)18(25)21-12(2)14-7-9-15(20)10-8-14/h5-13H,4H2,1-3H3,(H,21,25)/t12-,13-/m0/s1. The number of carbonyl (C=O) groups excluding carboxylic acids is 1. The lowest BCUT2D eigenvalue weighted by atomic mass is 10.1. The van der Waals surface area contributed by atoms with Gasteiger partial charge in [-0.15, -0.1) is 10.2 Å². The minimum Gasteiger partial charge on any atom is -0.461 e. The summed E-state index contributed by atoms with van der Waals surface area (Å²) in [5.41, 5.74) is 0.846. The second kappa shape index (κ2) is 8.39. The van der Waals surface area contributed by atoms with Crippen LogP contribution in [-0.4, -0.2) is 25.9 Å². The summed E-state index contributed by atoms with van der Waals surface area (Å²) in [5, 5.41) is 11.6. The van der Waals surface area contributed by atoms with Crippen LogP contribution in [0.5, 0.6) is 0 Å². The molecule has 1 amide bonds. The van der Waals surface area contributed by atoms with E-state index in [0.717, 1.165) is 5.56 Å². The normalized spacial score (nSPS) is 13.3. The lowest BCUT2D eigenvalue weighted by Crippen LogP contribution is -2.33. The number of aromatic nitrogens is 3. The maximum atomic E-state index is 13.0. The summed E-state index contributed by atoms with van der Waals surface area (Å²) in [4.78, 5) is 12.6. The average molecular weight is 388 g/mol. The molecule has 3 aromatic rings. The first-order valence-electron chi connectivity index (χ1n) is 8.69. The average Bonchev–Trinajstić information content (AvgIpc) is 3.31. The topological polar surface area (TPSA) is 73.0 Å². The fraction of sp³-hybridized carbons (Fsp3) is 0.316. The van der Waals surface area contributed by atoms with Crippen LogP contribution in [-0.2, 0) is 11.3 Å². The summed E-state index contributed by atoms with van der Waals surface area (Å²) in [6, 6.07) is 9.51. The van der Waals surface area contributed by atoms with E-state index in [-0.39, 0.29) is 23.0 Å². The monoisotopic (exact) mass is 388 g/mol. The summed E-state index contributed by atoms with van der Waals surface area (Å²) in [6.45, 7) is 6.33. The Kier molecular flexibility index (Phi) is 5.95. The fourth-order valence-electron chi connectivity index (χ4n) is 2.63. The molecule has 1 N–H and O–H groups in total. The summed E-state index contributed by atoms with van der Waals surface area (Å²) in [5.74, 6) is 0.852. The van der Waals surface area contributed by atoms with Gasteiger partial charge < -0.3 is 9.73 Å². The molecule has 6 nitrogen and oxygen atoms in total. The van der Waals surface area contributed by atoms with E-state index in [1.165, 1.54) is 23.9 Å². The van der Waals surface area contributed by atoms with Crippen molar-refractivity contribution in [3.8, 4) is 11.6 Å². The molecule has 0 aliphatic heterocycles. The Labute approximate surface area is 161 Å². The summed E-state index contributed by atoms with van der Waals surface area (Å²) in [7, 11) is 0. The molecule has 27 heavy (non-hydrogen) atoms. The maximum Gasteiger partial charge on any atom is 0.233 e. The number of nitrogens with one attached hydrogen (secondary N) is 1. The Morgan fingerprint density at radius 3 is 2.63 bits per heavy atom. The number of halogens is 1. The third kappa shape index (κ3) is 4.39. The van der Waals surface area contributed by atoms with Gasteiger partial charge in [-0.25, -0.2) is 4.39 Å². The molecular formula is C19H21FN4O2S. The SMILES string of the molecule is CCn1c(S[C@@H](C)C(=O)N[C@@H](C)c2ccc(F)cc2)nnc1-c1ccco1. The first kappa shape index (κ1) is 19.2. The zero-order chi connectivity index (χ0) is 19.4. The van der Waals surface area contributed by atoms with E-state index in [1.54, 1.807) is 24.5 Å². The number of thioether (sulfide) groups is 1. The van der Waals surface area contributed by atoms with Gasteiger partial charge in [0.25, 0.3) is 0 Å². The zero-order valence-electron chi connectivity index (χ0n) is 15.3. The molecular weight excluding hydrogens is 367 g/mol. The largest absolute Gasteiger partial charge is 0.461 e. The van der Waals surface area contributed by atoms with Crippen molar-refractivity contribution in [3.05, 3.63) is 54.0 Å². The predicted octanol–water partition coefficient (Wildman–Crippen LogP) is 4.06. The molecule has 2 atom stereocenters. The fourth-order valence-corrected chi connectivity index (χ4v) is 3.55. The van der Waals surface area contributed by atoms with Crippen LogP contribution in [0.2, 0.25) is 0 Å². The Balaban J connectivity index is 1.67. The number of rotatable bonds is 7. The summed E-state index contributed by atoms with van der Waals surface area (Å²) >= 11 is 1.34. The van der Waals surface area contributed by atoms with Gasteiger partial charge in [0.05, 0.1) is 17.6 Å². The van der Waals surface area contributed by atoms with Crippen LogP contribution in [0.3, 0.4) is 0 Å². The van der Waals surface area contributed by atoms with Crippen LogP contribution in [0, 0.1) is 5.82 Å². The molecule has 0 radical (unpaired) electrons. The summed E-state index contributed by atoms with van der Waals surface area (Å²) < 4.78 is 20.4. The number of nitrogens with zero attached hydrogens (tertiary/aromatic N) is 3. The van der Waals surface area contributed by atoms with Crippen molar-refractivity contribution >= 4 is 17.7 Å². The van der Waals surface area contributed by atoms with E-state index in [4.69, 9.17) is 4.42 Å². The van der Waals surface area contributed by atoms with Gasteiger partial charge in [-0.2, -0.15) is 0 Å². The molecule has 0 bridgehead atoms. The van der Waals surface area contributed by atoms with Gasteiger partial charge in [-0.3, -0.25) is 9.36 Å². The smallest absolute Gasteiger partial charge is 0.233 e. The molecule has 0 saturated heterocycles. The van der Waals surface area contributed by atoms with Crippen LogP contribution in [0.15, 0.2) is 52.2 Å².